The van der Waals surface area contributed by atoms with E-state index >= 15 is 0 Å². The molecule has 0 radical (unpaired) electrons. The monoisotopic (exact) mass is 248 g/mol. The molecule has 0 bridgehead atoms. The average molecular weight is 249 g/mol. The molecule has 0 saturated carbocycles. The van der Waals surface area contributed by atoms with Crippen molar-refractivity contribution in [2.45, 2.75) is 44.9 Å². The number of morpholine rings is 1. The number of rotatable bonds is 1. The first-order valence-corrected chi connectivity index (χ1v) is 5.68. The molecule has 2 atom stereocenters. The molecule has 5 heteroatoms. The van der Waals surface area contributed by atoms with E-state index in [9.17, 15) is 4.79 Å². The molecule has 0 aliphatic carbocycles. The minimum atomic E-state index is -0.211. The van der Waals surface area contributed by atoms with E-state index in [1.165, 1.54) is 0 Å². The lowest BCUT2D eigenvalue weighted by Gasteiger charge is -2.44. The Hall–Kier alpha value is -0.320. The van der Waals surface area contributed by atoms with Crippen LogP contribution in [0.1, 0.15) is 27.2 Å². The van der Waals surface area contributed by atoms with Crippen LogP contribution in [0.4, 0.5) is 0 Å². The smallest absolute Gasteiger partial charge is 0.239 e. The van der Waals surface area contributed by atoms with Gasteiger partial charge in [-0.25, -0.2) is 0 Å². The summed E-state index contributed by atoms with van der Waals surface area (Å²) < 4.78 is 5.77. The first-order chi connectivity index (χ1) is 6.98. The summed E-state index contributed by atoms with van der Waals surface area (Å²) in [6.45, 7) is 8.50. The standard InChI is InChI=1S/C11H20N2O2.ClH/c1-8-6-13(7-11(2,3)15-8)10(14)9-4-5-12-9;/h8-9,12H,4-7H2,1-3H3;1H/t8?,9-;/m1./s1. The SMILES string of the molecule is CC1CN(C(=O)[C@H]2CCN2)CC(C)(C)O1.Cl. The highest BCUT2D eigenvalue weighted by atomic mass is 35.5. The number of nitrogens with one attached hydrogen (secondary N) is 1. The van der Waals surface area contributed by atoms with Gasteiger partial charge in [0, 0.05) is 13.1 Å². The van der Waals surface area contributed by atoms with Crippen molar-refractivity contribution in [2.75, 3.05) is 19.6 Å². The van der Waals surface area contributed by atoms with E-state index in [0.717, 1.165) is 19.5 Å². The number of hydrogen-bond acceptors (Lipinski definition) is 3. The molecule has 2 aliphatic rings. The van der Waals surface area contributed by atoms with Crippen molar-refractivity contribution >= 4 is 18.3 Å². The van der Waals surface area contributed by atoms with Crippen molar-refractivity contribution in [3.8, 4) is 0 Å². The quantitative estimate of drug-likeness (QED) is 0.746. The number of carbonyl (C=O) groups is 1. The third-order valence-corrected chi connectivity index (χ3v) is 3.00. The lowest BCUT2D eigenvalue weighted by molar-refractivity contribution is -0.161. The van der Waals surface area contributed by atoms with Crippen molar-refractivity contribution in [2.24, 2.45) is 0 Å². The summed E-state index contributed by atoms with van der Waals surface area (Å²) in [6, 6.07) is 0.0612. The Kier molecular flexibility index (Phi) is 4.21. The number of carbonyl (C=O) groups excluding carboxylic acids is 1. The second kappa shape index (κ2) is 4.90. The average Bonchev–Trinajstić information content (AvgIpc) is 1.96. The fourth-order valence-corrected chi connectivity index (χ4v) is 2.34. The van der Waals surface area contributed by atoms with Gasteiger partial charge in [-0.3, -0.25) is 4.79 Å². The Morgan fingerprint density at radius 2 is 2.12 bits per heavy atom. The fourth-order valence-electron chi connectivity index (χ4n) is 2.34. The third kappa shape index (κ3) is 2.87. The molecule has 2 fully saturated rings. The Labute approximate surface area is 103 Å². The summed E-state index contributed by atoms with van der Waals surface area (Å²) >= 11 is 0. The molecule has 4 nitrogen and oxygen atoms in total. The number of ether oxygens (including phenoxy) is 1. The van der Waals surface area contributed by atoms with Gasteiger partial charge in [0.25, 0.3) is 0 Å². The molecular formula is C11H21ClN2O2. The van der Waals surface area contributed by atoms with Gasteiger partial charge in [-0.2, -0.15) is 0 Å². The van der Waals surface area contributed by atoms with Crippen LogP contribution in [0, 0.1) is 0 Å². The van der Waals surface area contributed by atoms with Crippen LogP contribution in [-0.4, -0.2) is 48.2 Å². The summed E-state index contributed by atoms with van der Waals surface area (Å²) in [5.74, 6) is 0.240. The number of nitrogens with zero attached hydrogens (tertiary/aromatic N) is 1. The molecule has 1 unspecified atom stereocenters. The van der Waals surface area contributed by atoms with Gasteiger partial charge < -0.3 is 15.0 Å². The van der Waals surface area contributed by atoms with Gasteiger partial charge in [0.2, 0.25) is 5.91 Å². The van der Waals surface area contributed by atoms with E-state index in [-0.39, 0.29) is 36.1 Å². The molecule has 2 heterocycles. The molecule has 1 N–H and O–H groups in total. The minimum Gasteiger partial charge on any atom is -0.369 e. The van der Waals surface area contributed by atoms with Crippen molar-refractivity contribution in [1.29, 1.82) is 0 Å². The molecule has 0 aromatic rings. The van der Waals surface area contributed by atoms with E-state index in [1.807, 2.05) is 25.7 Å². The third-order valence-electron chi connectivity index (χ3n) is 3.00. The molecule has 94 valence electrons. The number of halogens is 1. The predicted molar refractivity (Wildman–Crippen MR) is 64.9 cm³/mol. The second-order valence-electron chi connectivity index (χ2n) is 5.20. The van der Waals surface area contributed by atoms with E-state index in [0.29, 0.717) is 6.54 Å². The van der Waals surface area contributed by atoms with Crippen LogP contribution in [0.25, 0.3) is 0 Å². The highest BCUT2D eigenvalue weighted by molar-refractivity contribution is 5.85. The molecular weight excluding hydrogens is 228 g/mol. The maximum Gasteiger partial charge on any atom is 0.239 e. The van der Waals surface area contributed by atoms with Crippen LogP contribution in [0.5, 0.6) is 0 Å². The van der Waals surface area contributed by atoms with Crippen LogP contribution < -0.4 is 5.32 Å². The highest BCUT2D eigenvalue weighted by Gasteiger charge is 2.37. The first-order valence-electron chi connectivity index (χ1n) is 5.68. The van der Waals surface area contributed by atoms with Crippen molar-refractivity contribution in [1.82, 2.24) is 10.2 Å². The zero-order valence-electron chi connectivity index (χ0n) is 10.2. The molecule has 2 saturated heterocycles. The van der Waals surface area contributed by atoms with E-state index in [4.69, 9.17) is 4.74 Å². The van der Waals surface area contributed by atoms with Crippen LogP contribution >= 0.6 is 12.4 Å². The first kappa shape index (κ1) is 13.7. The Morgan fingerprint density at radius 1 is 1.50 bits per heavy atom. The predicted octanol–water partition coefficient (Wildman–Crippen LogP) is 0.796. The maximum absolute atomic E-state index is 12.0. The summed E-state index contributed by atoms with van der Waals surface area (Å²) in [7, 11) is 0. The molecule has 2 aliphatic heterocycles. The lowest BCUT2D eigenvalue weighted by atomic mass is 10.0. The van der Waals surface area contributed by atoms with Gasteiger partial charge in [-0.15, -0.1) is 12.4 Å². The Bertz CT molecular complexity index is 267. The topological polar surface area (TPSA) is 41.6 Å². The molecule has 1 amide bonds. The van der Waals surface area contributed by atoms with Gasteiger partial charge in [-0.05, 0) is 33.7 Å². The van der Waals surface area contributed by atoms with Crippen LogP contribution in [0.2, 0.25) is 0 Å². The van der Waals surface area contributed by atoms with Crippen LogP contribution in [-0.2, 0) is 9.53 Å². The Morgan fingerprint density at radius 3 is 2.56 bits per heavy atom. The zero-order valence-corrected chi connectivity index (χ0v) is 11.0. The van der Waals surface area contributed by atoms with E-state index < -0.39 is 0 Å². The second-order valence-corrected chi connectivity index (χ2v) is 5.20. The summed E-state index contributed by atoms with van der Waals surface area (Å²) in [4.78, 5) is 14.0. The highest BCUT2D eigenvalue weighted by Crippen LogP contribution is 2.22. The van der Waals surface area contributed by atoms with Gasteiger partial charge in [0.15, 0.2) is 0 Å². The van der Waals surface area contributed by atoms with E-state index in [2.05, 4.69) is 5.32 Å². The lowest BCUT2D eigenvalue weighted by Crippen LogP contribution is -2.60. The molecule has 0 spiro atoms. The maximum atomic E-state index is 12.0. The van der Waals surface area contributed by atoms with E-state index in [1.54, 1.807) is 0 Å². The molecule has 16 heavy (non-hydrogen) atoms. The molecule has 0 aromatic carbocycles. The largest absolute Gasteiger partial charge is 0.369 e. The molecule has 0 aromatic heterocycles. The van der Waals surface area contributed by atoms with Crippen molar-refractivity contribution in [3.63, 3.8) is 0 Å². The summed E-state index contributed by atoms with van der Waals surface area (Å²) in [5, 5.41) is 3.15. The van der Waals surface area contributed by atoms with Gasteiger partial charge in [-0.1, -0.05) is 0 Å². The summed E-state index contributed by atoms with van der Waals surface area (Å²) in [6.07, 6.45) is 1.11. The van der Waals surface area contributed by atoms with Crippen molar-refractivity contribution < 1.29 is 9.53 Å². The minimum absolute atomic E-state index is 0. The van der Waals surface area contributed by atoms with Crippen LogP contribution in [0.3, 0.4) is 0 Å². The number of amides is 1. The van der Waals surface area contributed by atoms with Gasteiger partial charge >= 0.3 is 0 Å². The number of hydrogen-bond donors (Lipinski definition) is 1. The Balaban J connectivity index is 0.00000128. The van der Waals surface area contributed by atoms with Crippen LogP contribution in [0.15, 0.2) is 0 Å². The fraction of sp³-hybridized carbons (Fsp3) is 0.909. The summed E-state index contributed by atoms with van der Waals surface area (Å²) in [5.41, 5.74) is -0.211. The normalized spacial score (nSPS) is 32.6. The van der Waals surface area contributed by atoms with Gasteiger partial charge in [0.05, 0.1) is 17.7 Å². The zero-order chi connectivity index (χ0) is 11.1. The van der Waals surface area contributed by atoms with Gasteiger partial charge in [0.1, 0.15) is 0 Å². The molecule has 2 rings (SSSR count). The van der Waals surface area contributed by atoms with Crippen molar-refractivity contribution in [3.05, 3.63) is 0 Å².